The van der Waals surface area contributed by atoms with Gasteiger partial charge in [0.15, 0.2) is 0 Å². The van der Waals surface area contributed by atoms with Gasteiger partial charge in [0, 0.05) is 26.2 Å². The predicted octanol–water partition coefficient (Wildman–Crippen LogP) is 0.270. The molecule has 17 heavy (non-hydrogen) atoms. The standard InChI is InChI=1S/C13H22N4/c14-10-13(17-6-1-4-15-5-9-17)11-16-7-2-12(13)3-8-16/h12,15H,1-9,11H2. The Morgan fingerprint density at radius 1 is 1.12 bits per heavy atom. The highest BCUT2D eigenvalue weighted by molar-refractivity contribution is 5.18. The maximum atomic E-state index is 9.77. The first-order valence-corrected chi connectivity index (χ1v) is 6.94. The van der Waals surface area contributed by atoms with E-state index in [1.807, 2.05) is 0 Å². The SMILES string of the molecule is N#CC1(N2CCCNCC2)CN2CCC1CC2. The fourth-order valence-corrected chi connectivity index (χ4v) is 3.84. The summed E-state index contributed by atoms with van der Waals surface area (Å²) in [6.45, 7) is 7.67. The van der Waals surface area contributed by atoms with Crippen molar-refractivity contribution in [1.82, 2.24) is 15.1 Å². The zero-order chi connectivity index (χ0) is 11.7. The summed E-state index contributed by atoms with van der Waals surface area (Å²) in [5, 5.41) is 13.2. The molecule has 0 saturated carbocycles. The Balaban J connectivity index is 1.83. The molecule has 0 aliphatic carbocycles. The lowest BCUT2D eigenvalue weighted by atomic mass is 9.72. The van der Waals surface area contributed by atoms with Crippen LogP contribution in [-0.2, 0) is 0 Å². The van der Waals surface area contributed by atoms with Crippen molar-refractivity contribution >= 4 is 0 Å². The van der Waals surface area contributed by atoms with Crippen molar-refractivity contribution in [3.05, 3.63) is 0 Å². The van der Waals surface area contributed by atoms with Crippen LogP contribution in [0, 0.1) is 17.2 Å². The number of nitrogens with zero attached hydrogens (tertiary/aromatic N) is 3. The summed E-state index contributed by atoms with van der Waals surface area (Å²) in [6.07, 6.45) is 3.62. The molecule has 0 amide bonds. The first-order valence-electron chi connectivity index (χ1n) is 6.94. The summed E-state index contributed by atoms with van der Waals surface area (Å²) in [6, 6.07) is 2.70. The van der Waals surface area contributed by atoms with Gasteiger partial charge in [0.25, 0.3) is 0 Å². The lowest BCUT2D eigenvalue weighted by Gasteiger charge is -2.54. The lowest BCUT2D eigenvalue weighted by molar-refractivity contribution is -0.0357. The normalized spacial score (nSPS) is 43.0. The molecular formula is C13H22N4. The van der Waals surface area contributed by atoms with E-state index in [2.05, 4.69) is 21.2 Å². The molecule has 4 heteroatoms. The van der Waals surface area contributed by atoms with Crippen LogP contribution < -0.4 is 5.32 Å². The quantitative estimate of drug-likeness (QED) is 0.707. The zero-order valence-corrected chi connectivity index (χ0v) is 10.5. The van der Waals surface area contributed by atoms with Gasteiger partial charge in [0.1, 0.15) is 5.54 Å². The largest absolute Gasteiger partial charge is 0.315 e. The minimum absolute atomic E-state index is 0.178. The van der Waals surface area contributed by atoms with Crippen molar-refractivity contribution in [3.63, 3.8) is 0 Å². The summed E-state index contributed by atoms with van der Waals surface area (Å²) in [5.41, 5.74) is -0.178. The third-order valence-electron chi connectivity index (χ3n) is 4.83. The molecular weight excluding hydrogens is 212 g/mol. The number of nitriles is 1. The van der Waals surface area contributed by atoms with E-state index < -0.39 is 0 Å². The fourth-order valence-electron chi connectivity index (χ4n) is 3.84. The smallest absolute Gasteiger partial charge is 0.125 e. The van der Waals surface area contributed by atoms with Gasteiger partial charge >= 0.3 is 0 Å². The number of nitrogens with one attached hydrogen (secondary N) is 1. The Kier molecular flexibility index (Phi) is 3.08. The Morgan fingerprint density at radius 2 is 1.94 bits per heavy atom. The molecule has 4 rings (SSSR count). The number of rotatable bonds is 1. The molecule has 1 unspecified atom stereocenters. The maximum absolute atomic E-state index is 9.77. The fraction of sp³-hybridized carbons (Fsp3) is 0.923. The topological polar surface area (TPSA) is 42.3 Å². The number of piperidine rings is 3. The highest BCUT2D eigenvalue weighted by Crippen LogP contribution is 2.39. The third kappa shape index (κ3) is 1.87. The Hall–Kier alpha value is -0.630. The predicted molar refractivity (Wildman–Crippen MR) is 66.6 cm³/mol. The molecule has 1 N–H and O–H groups in total. The first-order chi connectivity index (χ1) is 8.35. The molecule has 4 saturated heterocycles. The first kappa shape index (κ1) is 11.5. The van der Waals surface area contributed by atoms with E-state index >= 15 is 0 Å². The van der Waals surface area contributed by atoms with E-state index in [1.165, 1.54) is 32.4 Å². The van der Waals surface area contributed by atoms with E-state index in [0.717, 1.165) is 32.7 Å². The molecule has 94 valence electrons. The molecule has 0 spiro atoms. The number of hydrogen-bond acceptors (Lipinski definition) is 4. The third-order valence-corrected chi connectivity index (χ3v) is 4.83. The molecule has 4 fully saturated rings. The van der Waals surface area contributed by atoms with Crippen molar-refractivity contribution in [2.75, 3.05) is 45.8 Å². The van der Waals surface area contributed by atoms with Gasteiger partial charge in [-0.05, 0) is 44.8 Å². The van der Waals surface area contributed by atoms with Gasteiger partial charge in [0.05, 0.1) is 6.07 Å². The molecule has 0 aromatic rings. The van der Waals surface area contributed by atoms with Gasteiger partial charge in [-0.3, -0.25) is 4.90 Å². The van der Waals surface area contributed by atoms with E-state index in [0.29, 0.717) is 5.92 Å². The molecule has 0 aromatic heterocycles. The van der Waals surface area contributed by atoms with Crippen LogP contribution in [0.1, 0.15) is 19.3 Å². The summed E-state index contributed by atoms with van der Waals surface area (Å²) in [7, 11) is 0. The molecule has 1 atom stereocenters. The van der Waals surface area contributed by atoms with Gasteiger partial charge in [-0.25, -0.2) is 0 Å². The van der Waals surface area contributed by atoms with E-state index in [-0.39, 0.29) is 5.54 Å². The highest BCUT2D eigenvalue weighted by Gasteiger charge is 2.50. The highest BCUT2D eigenvalue weighted by atomic mass is 15.3. The van der Waals surface area contributed by atoms with Crippen molar-refractivity contribution < 1.29 is 0 Å². The van der Waals surface area contributed by atoms with Crippen LogP contribution in [0.4, 0.5) is 0 Å². The molecule has 4 aliphatic rings. The minimum atomic E-state index is -0.178. The van der Waals surface area contributed by atoms with Crippen LogP contribution >= 0.6 is 0 Å². The van der Waals surface area contributed by atoms with Crippen LogP contribution in [-0.4, -0.2) is 61.2 Å². The summed E-state index contributed by atoms with van der Waals surface area (Å²) >= 11 is 0. The Bertz CT molecular complexity index is 308. The Labute approximate surface area is 104 Å². The van der Waals surface area contributed by atoms with Crippen molar-refractivity contribution in [1.29, 1.82) is 5.26 Å². The molecule has 4 nitrogen and oxygen atoms in total. The van der Waals surface area contributed by atoms with Crippen LogP contribution in [0.3, 0.4) is 0 Å². The van der Waals surface area contributed by atoms with Crippen LogP contribution in [0.2, 0.25) is 0 Å². The minimum Gasteiger partial charge on any atom is -0.315 e. The average molecular weight is 234 g/mol. The van der Waals surface area contributed by atoms with Gasteiger partial charge in [-0.1, -0.05) is 0 Å². The number of hydrogen-bond donors (Lipinski definition) is 1. The van der Waals surface area contributed by atoms with Gasteiger partial charge in [0.2, 0.25) is 0 Å². The second kappa shape index (κ2) is 4.56. The van der Waals surface area contributed by atoms with Gasteiger partial charge < -0.3 is 10.2 Å². The van der Waals surface area contributed by atoms with Gasteiger partial charge in [-0.15, -0.1) is 0 Å². The molecule has 2 bridgehead atoms. The molecule has 4 heterocycles. The lowest BCUT2D eigenvalue weighted by Crippen LogP contribution is -2.66. The maximum Gasteiger partial charge on any atom is 0.125 e. The second-order valence-electron chi connectivity index (χ2n) is 5.68. The van der Waals surface area contributed by atoms with Crippen molar-refractivity contribution in [2.45, 2.75) is 24.8 Å². The van der Waals surface area contributed by atoms with Crippen molar-refractivity contribution in [3.8, 4) is 6.07 Å². The zero-order valence-electron chi connectivity index (χ0n) is 10.5. The summed E-state index contributed by atoms with van der Waals surface area (Å²) in [4.78, 5) is 4.96. The van der Waals surface area contributed by atoms with Crippen LogP contribution in [0.15, 0.2) is 0 Å². The average Bonchev–Trinajstić information content (AvgIpc) is 2.69. The van der Waals surface area contributed by atoms with Crippen molar-refractivity contribution in [2.24, 2.45) is 5.92 Å². The van der Waals surface area contributed by atoms with E-state index in [9.17, 15) is 5.26 Å². The van der Waals surface area contributed by atoms with E-state index in [4.69, 9.17) is 0 Å². The Morgan fingerprint density at radius 3 is 2.59 bits per heavy atom. The monoisotopic (exact) mass is 234 g/mol. The van der Waals surface area contributed by atoms with E-state index in [1.54, 1.807) is 0 Å². The molecule has 4 aliphatic heterocycles. The number of fused-ring (bicyclic) bond motifs is 3. The molecule has 0 aromatic carbocycles. The van der Waals surface area contributed by atoms with Crippen LogP contribution in [0.25, 0.3) is 0 Å². The van der Waals surface area contributed by atoms with Gasteiger partial charge in [-0.2, -0.15) is 5.26 Å². The molecule has 0 radical (unpaired) electrons. The summed E-state index contributed by atoms with van der Waals surface area (Å²) in [5.74, 6) is 0.607. The summed E-state index contributed by atoms with van der Waals surface area (Å²) < 4.78 is 0. The second-order valence-corrected chi connectivity index (χ2v) is 5.68. The van der Waals surface area contributed by atoms with Crippen LogP contribution in [0.5, 0.6) is 0 Å².